The van der Waals surface area contributed by atoms with Crippen LogP contribution in [0, 0.1) is 6.92 Å². The van der Waals surface area contributed by atoms with Gasteiger partial charge in [-0.1, -0.05) is 31.3 Å². The summed E-state index contributed by atoms with van der Waals surface area (Å²) in [6.07, 6.45) is 0.872. The van der Waals surface area contributed by atoms with Crippen molar-refractivity contribution in [3.63, 3.8) is 0 Å². The number of hydrogen-bond acceptors (Lipinski definition) is 8. The van der Waals surface area contributed by atoms with Gasteiger partial charge in [-0.3, -0.25) is 9.09 Å². The number of esters is 1. The van der Waals surface area contributed by atoms with E-state index in [-0.39, 0.29) is 25.3 Å². The Morgan fingerprint density at radius 3 is 2.57 bits per heavy atom. The van der Waals surface area contributed by atoms with Crippen LogP contribution in [0.25, 0.3) is 0 Å². The van der Waals surface area contributed by atoms with E-state index < -0.39 is 27.7 Å². The standard InChI is InChI=1S/C25H40NO9PSi/c1-16(14-26-10-12-36(30,31)35-18(3)24(27)28)8-9-19-22(32-4)17(2)20-15-34-25(29)21(20)23(19)33-11-13-37(5,6)7/h8,18,26H,9-15H2,1-7H3,(H,27,28)(H,30,31). The SMILES string of the molecule is COc1c(C)c2c(c(OCC[Si](C)(C)C)c1CC=C(C)CNCCP(=O)(O)OC(C)C(=O)O)C(=O)OC2. The summed E-state index contributed by atoms with van der Waals surface area (Å²) in [6, 6.07) is 0.939. The van der Waals surface area contributed by atoms with Gasteiger partial charge in [0.25, 0.3) is 0 Å². The molecule has 0 saturated carbocycles. The largest absolute Gasteiger partial charge is 0.496 e. The number of nitrogens with one attached hydrogen (secondary N) is 1. The Kier molecular flexibility index (Phi) is 11.0. The van der Waals surface area contributed by atoms with E-state index in [1.165, 1.54) is 6.92 Å². The van der Waals surface area contributed by atoms with E-state index in [4.69, 9.17) is 23.8 Å². The van der Waals surface area contributed by atoms with E-state index in [0.29, 0.717) is 36.6 Å². The molecule has 0 spiro atoms. The molecule has 3 N–H and O–H groups in total. The summed E-state index contributed by atoms with van der Waals surface area (Å²) in [6.45, 7) is 13.1. The van der Waals surface area contributed by atoms with Gasteiger partial charge in [-0.2, -0.15) is 0 Å². The van der Waals surface area contributed by atoms with Gasteiger partial charge in [-0.15, -0.1) is 0 Å². The maximum Gasteiger partial charge on any atom is 0.342 e. The molecule has 0 amide bonds. The van der Waals surface area contributed by atoms with Gasteiger partial charge < -0.3 is 29.5 Å². The number of methoxy groups -OCH3 is 1. The van der Waals surface area contributed by atoms with Gasteiger partial charge in [0.15, 0.2) is 6.10 Å². The molecule has 2 unspecified atom stereocenters. The predicted molar refractivity (Wildman–Crippen MR) is 144 cm³/mol. The molecule has 1 heterocycles. The molecule has 0 fully saturated rings. The summed E-state index contributed by atoms with van der Waals surface area (Å²) in [4.78, 5) is 33.3. The highest BCUT2D eigenvalue weighted by Gasteiger charge is 2.33. The summed E-state index contributed by atoms with van der Waals surface area (Å²) in [5.74, 6) is -0.500. The second-order valence-electron chi connectivity index (χ2n) is 10.4. The zero-order chi connectivity index (χ0) is 28.0. The number of carbonyl (C=O) groups excluding carboxylic acids is 1. The molecule has 0 radical (unpaired) electrons. The zero-order valence-corrected chi connectivity index (χ0v) is 24.7. The van der Waals surface area contributed by atoms with Crippen LogP contribution < -0.4 is 14.8 Å². The minimum atomic E-state index is -4.02. The predicted octanol–water partition coefficient (Wildman–Crippen LogP) is 4.14. The second-order valence-corrected chi connectivity index (χ2v) is 18.0. The van der Waals surface area contributed by atoms with Gasteiger partial charge in [0.2, 0.25) is 0 Å². The van der Waals surface area contributed by atoms with Crippen molar-refractivity contribution in [1.82, 2.24) is 5.32 Å². The third-order valence-electron chi connectivity index (χ3n) is 6.02. The van der Waals surface area contributed by atoms with E-state index in [9.17, 15) is 19.0 Å². The fourth-order valence-corrected chi connectivity index (χ4v) is 5.67. The summed E-state index contributed by atoms with van der Waals surface area (Å²) in [5, 5.41) is 11.9. The lowest BCUT2D eigenvalue weighted by Crippen LogP contribution is -2.24. The van der Waals surface area contributed by atoms with E-state index in [2.05, 4.69) is 25.0 Å². The zero-order valence-electron chi connectivity index (χ0n) is 22.8. The molecule has 208 valence electrons. The Bertz CT molecular complexity index is 1080. The monoisotopic (exact) mass is 557 g/mol. The van der Waals surface area contributed by atoms with Crippen molar-refractivity contribution in [2.75, 3.05) is 33.0 Å². The molecule has 2 atom stereocenters. The van der Waals surface area contributed by atoms with Crippen molar-refractivity contribution in [3.8, 4) is 11.5 Å². The highest BCUT2D eigenvalue weighted by molar-refractivity contribution is 7.52. The number of fused-ring (bicyclic) bond motifs is 1. The third kappa shape index (κ3) is 8.96. The van der Waals surface area contributed by atoms with Gasteiger partial charge >= 0.3 is 19.5 Å². The first kappa shape index (κ1) is 31.0. The topological polar surface area (TPSA) is 141 Å². The highest BCUT2D eigenvalue weighted by Crippen LogP contribution is 2.43. The lowest BCUT2D eigenvalue weighted by molar-refractivity contribution is -0.144. The number of aliphatic carboxylic acids is 1. The van der Waals surface area contributed by atoms with Crippen molar-refractivity contribution in [1.29, 1.82) is 0 Å². The first-order valence-corrected chi connectivity index (χ1v) is 17.8. The Labute approximate surface area is 219 Å². The molecule has 12 heteroatoms. The first-order valence-electron chi connectivity index (χ1n) is 12.3. The number of carboxylic acids is 1. The number of ether oxygens (including phenoxy) is 3. The Morgan fingerprint density at radius 2 is 1.97 bits per heavy atom. The molecule has 37 heavy (non-hydrogen) atoms. The Morgan fingerprint density at radius 1 is 1.30 bits per heavy atom. The maximum atomic E-state index is 12.6. The summed E-state index contributed by atoms with van der Waals surface area (Å²) in [7, 11) is -3.78. The smallest absolute Gasteiger partial charge is 0.342 e. The number of carboxylic acid groups (broad SMARTS) is 1. The van der Waals surface area contributed by atoms with Gasteiger partial charge in [-0.05, 0) is 38.8 Å². The van der Waals surface area contributed by atoms with Gasteiger partial charge in [0, 0.05) is 32.3 Å². The molecule has 0 saturated heterocycles. The van der Waals surface area contributed by atoms with Crippen LogP contribution in [0.3, 0.4) is 0 Å². The average molecular weight is 558 g/mol. The number of cyclic esters (lactones) is 1. The van der Waals surface area contributed by atoms with Crippen LogP contribution in [-0.4, -0.2) is 69.1 Å². The Hall–Kier alpha value is -2.17. The lowest BCUT2D eigenvalue weighted by Gasteiger charge is -2.21. The van der Waals surface area contributed by atoms with E-state index in [1.807, 2.05) is 19.9 Å². The molecule has 1 aromatic rings. The highest BCUT2D eigenvalue weighted by atomic mass is 31.2. The molecule has 1 aliphatic heterocycles. The molecule has 1 aromatic carbocycles. The van der Waals surface area contributed by atoms with Gasteiger partial charge in [0.05, 0.1) is 19.9 Å². The third-order valence-corrected chi connectivity index (χ3v) is 9.16. The van der Waals surface area contributed by atoms with Crippen LogP contribution in [0.4, 0.5) is 0 Å². The van der Waals surface area contributed by atoms with Crippen molar-refractivity contribution in [3.05, 3.63) is 33.9 Å². The van der Waals surface area contributed by atoms with Crippen LogP contribution in [0.2, 0.25) is 25.7 Å². The number of allylic oxidation sites excluding steroid dienone is 1. The minimum absolute atomic E-state index is 0.170. The molecule has 0 aromatic heterocycles. The summed E-state index contributed by atoms with van der Waals surface area (Å²) < 4.78 is 34.1. The minimum Gasteiger partial charge on any atom is -0.496 e. The number of hydrogen-bond donors (Lipinski definition) is 3. The number of carbonyl (C=O) groups is 2. The maximum absolute atomic E-state index is 12.6. The van der Waals surface area contributed by atoms with Crippen molar-refractivity contribution in [2.45, 2.75) is 65.6 Å². The summed E-state index contributed by atoms with van der Waals surface area (Å²) >= 11 is 0. The molecule has 10 nitrogen and oxygen atoms in total. The fourth-order valence-electron chi connectivity index (χ4n) is 3.83. The molecular weight excluding hydrogens is 517 g/mol. The van der Waals surface area contributed by atoms with Crippen LogP contribution in [0.1, 0.15) is 40.9 Å². The second kappa shape index (κ2) is 13.1. The van der Waals surface area contributed by atoms with Crippen LogP contribution in [-0.2, 0) is 31.6 Å². The quantitative estimate of drug-likeness (QED) is 0.0947. The average Bonchev–Trinajstić information content (AvgIpc) is 3.17. The molecule has 2 rings (SSSR count). The van der Waals surface area contributed by atoms with Crippen molar-refractivity contribution >= 4 is 27.6 Å². The van der Waals surface area contributed by atoms with Crippen LogP contribution in [0.5, 0.6) is 11.5 Å². The lowest BCUT2D eigenvalue weighted by atomic mass is 9.95. The summed E-state index contributed by atoms with van der Waals surface area (Å²) in [5.41, 5.74) is 3.87. The van der Waals surface area contributed by atoms with Crippen molar-refractivity contribution < 1.29 is 42.9 Å². The number of benzene rings is 1. The number of rotatable bonds is 15. The molecule has 1 aliphatic rings. The van der Waals surface area contributed by atoms with Crippen molar-refractivity contribution in [2.24, 2.45) is 0 Å². The van der Waals surface area contributed by atoms with E-state index in [0.717, 1.165) is 28.3 Å². The molecular formula is C25H40NO9PSi. The molecule has 0 bridgehead atoms. The molecule has 0 aliphatic carbocycles. The van der Waals surface area contributed by atoms with E-state index >= 15 is 0 Å². The van der Waals surface area contributed by atoms with Gasteiger partial charge in [0.1, 0.15) is 23.7 Å². The first-order chi connectivity index (χ1) is 17.2. The van der Waals surface area contributed by atoms with Crippen LogP contribution in [0.15, 0.2) is 11.6 Å². The van der Waals surface area contributed by atoms with E-state index in [1.54, 1.807) is 7.11 Å². The van der Waals surface area contributed by atoms with Crippen LogP contribution >= 0.6 is 7.60 Å². The normalized spacial score (nSPS) is 16.1. The van der Waals surface area contributed by atoms with Gasteiger partial charge in [-0.25, -0.2) is 9.59 Å². The fraction of sp³-hybridized carbons (Fsp3) is 0.600. The Balaban J connectivity index is 2.15.